The first-order valence-electron chi connectivity index (χ1n) is 5.57. The van der Waals surface area contributed by atoms with E-state index < -0.39 is 11.5 Å². The Morgan fingerprint density at radius 3 is 2.71 bits per heavy atom. The van der Waals surface area contributed by atoms with Crippen LogP contribution in [0.25, 0.3) is 0 Å². The number of piperidine rings is 1. The van der Waals surface area contributed by atoms with E-state index >= 15 is 0 Å². The first kappa shape index (κ1) is 11.8. The highest BCUT2D eigenvalue weighted by Crippen LogP contribution is 2.20. The molecule has 0 amide bonds. The van der Waals surface area contributed by atoms with Gasteiger partial charge in [0.1, 0.15) is 5.56 Å². The van der Waals surface area contributed by atoms with Crippen LogP contribution in [0.3, 0.4) is 0 Å². The molecule has 1 aliphatic heterocycles. The molecule has 17 heavy (non-hydrogen) atoms. The van der Waals surface area contributed by atoms with Gasteiger partial charge in [0.15, 0.2) is 0 Å². The number of aromatic nitrogens is 2. The van der Waals surface area contributed by atoms with Crippen molar-refractivity contribution in [3.8, 4) is 0 Å². The summed E-state index contributed by atoms with van der Waals surface area (Å²) in [6, 6.07) is 0.234. The van der Waals surface area contributed by atoms with E-state index in [0.29, 0.717) is 0 Å². The van der Waals surface area contributed by atoms with Gasteiger partial charge in [0.2, 0.25) is 0 Å². The molecule has 0 aromatic carbocycles. The largest absolute Gasteiger partial charge is 0.477 e. The van der Waals surface area contributed by atoms with Crippen molar-refractivity contribution in [1.82, 2.24) is 14.5 Å². The molecule has 1 fully saturated rings. The van der Waals surface area contributed by atoms with Crippen LogP contribution in [0.4, 0.5) is 0 Å². The standard InChI is InChI=1S/C11H15N3O3/c1-13-4-2-8(3-5-13)14-6-9(11(16)17)10(15)12-7-14/h6-8H,2-5H2,1H3,(H,16,17). The van der Waals surface area contributed by atoms with E-state index in [4.69, 9.17) is 5.11 Å². The van der Waals surface area contributed by atoms with Crippen LogP contribution in [-0.2, 0) is 0 Å². The number of hydrogen-bond acceptors (Lipinski definition) is 4. The number of rotatable bonds is 2. The van der Waals surface area contributed by atoms with Crippen LogP contribution in [0.5, 0.6) is 0 Å². The quantitative estimate of drug-likeness (QED) is 0.795. The molecule has 2 rings (SSSR count). The number of hydrogen-bond donors (Lipinski definition) is 1. The molecule has 1 aromatic heterocycles. The molecule has 1 saturated heterocycles. The van der Waals surface area contributed by atoms with E-state index in [0.717, 1.165) is 25.9 Å². The third-order valence-electron chi connectivity index (χ3n) is 3.16. The molecule has 0 atom stereocenters. The van der Waals surface area contributed by atoms with Gasteiger partial charge in [-0.3, -0.25) is 4.79 Å². The third kappa shape index (κ3) is 2.52. The number of carboxylic acids is 1. The van der Waals surface area contributed by atoms with Crippen LogP contribution in [0.15, 0.2) is 17.3 Å². The first-order chi connectivity index (χ1) is 8.08. The molecule has 1 aliphatic rings. The molecule has 92 valence electrons. The van der Waals surface area contributed by atoms with Crippen molar-refractivity contribution in [3.63, 3.8) is 0 Å². The van der Waals surface area contributed by atoms with E-state index in [9.17, 15) is 9.59 Å². The summed E-state index contributed by atoms with van der Waals surface area (Å²) in [4.78, 5) is 27.9. The minimum absolute atomic E-state index is 0.234. The molecule has 1 aromatic rings. The van der Waals surface area contributed by atoms with Gasteiger partial charge in [-0.15, -0.1) is 0 Å². The van der Waals surface area contributed by atoms with Gasteiger partial charge in [0.05, 0.1) is 6.33 Å². The summed E-state index contributed by atoms with van der Waals surface area (Å²) in [5.41, 5.74) is -0.937. The Bertz CT molecular complexity index is 475. The van der Waals surface area contributed by atoms with Gasteiger partial charge in [-0.05, 0) is 33.0 Å². The number of nitrogens with zero attached hydrogens (tertiary/aromatic N) is 3. The monoisotopic (exact) mass is 237 g/mol. The van der Waals surface area contributed by atoms with E-state index in [-0.39, 0.29) is 11.6 Å². The summed E-state index contributed by atoms with van der Waals surface area (Å²) < 4.78 is 1.75. The van der Waals surface area contributed by atoms with Gasteiger partial charge < -0.3 is 14.6 Å². The maximum absolute atomic E-state index is 11.2. The van der Waals surface area contributed by atoms with E-state index in [2.05, 4.69) is 16.9 Å². The molecule has 0 saturated carbocycles. The normalized spacial score (nSPS) is 18.2. The van der Waals surface area contributed by atoms with Crippen molar-refractivity contribution < 1.29 is 9.90 Å². The lowest BCUT2D eigenvalue weighted by atomic mass is 10.1. The Hall–Kier alpha value is -1.69. The van der Waals surface area contributed by atoms with Crippen molar-refractivity contribution in [2.75, 3.05) is 20.1 Å². The minimum atomic E-state index is -1.22. The fraction of sp³-hybridized carbons (Fsp3) is 0.545. The Balaban J connectivity index is 2.25. The van der Waals surface area contributed by atoms with Crippen molar-refractivity contribution in [1.29, 1.82) is 0 Å². The molecule has 6 nitrogen and oxygen atoms in total. The summed E-state index contributed by atoms with van der Waals surface area (Å²) in [7, 11) is 2.06. The maximum Gasteiger partial charge on any atom is 0.342 e. The summed E-state index contributed by atoms with van der Waals surface area (Å²) in [6.07, 6.45) is 4.72. The number of likely N-dealkylation sites (tertiary alicyclic amines) is 1. The fourth-order valence-corrected chi connectivity index (χ4v) is 2.07. The molecule has 1 N–H and O–H groups in total. The summed E-state index contributed by atoms with van der Waals surface area (Å²) >= 11 is 0. The average Bonchev–Trinajstić information content (AvgIpc) is 2.30. The topological polar surface area (TPSA) is 75.4 Å². The summed E-state index contributed by atoms with van der Waals surface area (Å²) in [6.45, 7) is 1.94. The molecule has 0 bridgehead atoms. The van der Waals surface area contributed by atoms with Gasteiger partial charge in [-0.2, -0.15) is 4.98 Å². The third-order valence-corrected chi connectivity index (χ3v) is 3.16. The lowest BCUT2D eigenvalue weighted by Crippen LogP contribution is -2.32. The van der Waals surface area contributed by atoms with E-state index in [1.54, 1.807) is 4.57 Å². The second-order valence-corrected chi connectivity index (χ2v) is 4.38. The second kappa shape index (κ2) is 4.67. The molecular weight excluding hydrogens is 222 g/mol. The lowest BCUT2D eigenvalue weighted by molar-refractivity contribution is 0.0693. The Kier molecular flexibility index (Phi) is 3.23. The molecule has 2 heterocycles. The van der Waals surface area contributed by atoms with Gasteiger partial charge in [-0.1, -0.05) is 0 Å². The first-order valence-corrected chi connectivity index (χ1v) is 5.57. The molecule has 0 spiro atoms. The van der Waals surface area contributed by atoms with Crippen LogP contribution >= 0.6 is 0 Å². The number of carboxylic acid groups (broad SMARTS) is 1. The molecule has 0 radical (unpaired) electrons. The zero-order chi connectivity index (χ0) is 12.4. The van der Waals surface area contributed by atoms with Gasteiger partial charge >= 0.3 is 5.97 Å². The van der Waals surface area contributed by atoms with Gasteiger partial charge in [0, 0.05) is 12.2 Å². The van der Waals surface area contributed by atoms with Crippen molar-refractivity contribution in [2.24, 2.45) is 0 Å². The zero-order valence-corrected chi connectivity index (χ0v) is 9.67. The maximum atomic E-state index is 11.2. The SMILES string of the molecule is CN1CCC(n2cnc(=O)c(C(=O)O)c2)CC1. The summed E-state index contributed by atoms with van der Waals surface area (Å²) in [5.74, 6) is -1.22. The summed E-state index contributed by atoms with van der Waals surface area (Å²) in [5, 5.41) is 8.87. The molecule has 6 heteroatoms. The average molecular weight is 237 g/mol. The molecular formula is C11H15N3O3. The molecule has 0 unspecified atom stereocenters. The Labute approximate surface area is 98.5 Å². The van der Waals surface area contributed by atoms with E-state index in [1.807, 2.05) is 0 Å². The van der Waals surface area contributed by atoms with E-state index in [1.165, 1.54) is 12.5 Å². The van der Waals surface area contributed by atoms with Gasteiger partial charge in [-0.25, -0.2) is 4.79 Å². The van der Waals surface area contributed by atoms with Crippen molar-refractivity contribution in [2.45, 2.75) is 18.9 Å². The second-order valence-electron chi connectivity index (χ2n) is 4.38. The molecule has 0 aliphatic carbocycles. The smallest absolute Gasteiger partial charge is 0.342 e. The highest BCUT2D eigenvalue weighted by atomic mass is 16.4. The number of carbonyl (C=O) groups is 1. The highest BCUT2D eigenvalue weighted by Gasteiger charge is 2.19. The van der Waals surface area contributed by atoms with Crippen LogP contribution in [-0.4, -0.2) is 45.7 Å². The predicted molar refractivity (Wildman–Crippen MR) is 61.2 cm³/mol. The Morgan fingerprint density at radius 1 is 1.47 bits per heavy atom. The van der Waals surface area contributed by atoms with Crippen molar-refractivity contribution >= 4 is 5.97 Å². The van der Waals surface area contributed by atoms with Crippen LogP contribution < -0.4 is 5.56 Å². The zero-order valence-electron chi connectivity index (χ0n) is 9.67. The van der Waals surface area contributed by atoms with Crippen LogP contribution in [0.2, 0.25) is 0 Å². The number of aromatic carboxylic acids is 1. The Morgan fingerprint density at radius 2 is 2.12 bits per heavy atom. The minimum Gasteiger partial charge on any atom is -0.477 e. The van der Waals surface area contributed by atoms with Crippen LogP contribution in [0, 0.1) is 0 Å². The van der Waals surface area contributed by atoms with Crippen molar-refractivity contribution in [3.05, 3.63) is 28.4 Å². The predicted octanol–water partition coefficient (Wildman–Crippen LogP) is 0.208. The fourth-order valence-electron chi connectivity index (χ4n) is 2.07. The lowest BCUT2D eigenvalue weighted by Gasteiger charge is -2.30. The van der Waals surface area contributed by atoms with Crippen LogP contribution in [0.1, 0.15) is 29.2 Å². The van der Waals surface area contributed by atoms with Gasteiger partial charge in [0.25, 0.3) is 5.56 Å². The highest BCUT2D eigenvalue weighted by molar-refractivity contribution is 5.86.